The van der Waals surface area contributed by atoms with E-state index in [-0.39, 0.29) is 10.9 Å². The van der Waals surface area contributed by atoms with Crippen LogP contribution in [-0.4, -0.2) is 33.6 Å². The van der Waals surface area contributed by atoms with E-state index >= 15 is 0 Å². The molecule has 1 atom stereocenters. The van der Waals surface area contributed by atoms with Gasteiger partial charge in [-0.05, 0) is 63.1 Å². The van der Waals surface area contributed by atoms with Crippen LogP contribution in [0.1, 0.15) is 34.6 Å². The van der Waals surface area contributed by atoms with E-state index in [0.717, 1.165) is 0 Å². The van der Waals surface area contributed by atoms with Crippen LogP contribution >= 0.6 is 11.6 Å². The normalized spacial score (nSPS) is 12.4. The summed E-state index contributed by atoms with van der Waals surface area (Å²) < 4.78 is 18.8. The smallest absolute Gasteiger partial charge is 0.408 e. The summed E-state index contributed by atoms with van der Waals surface area (Å²) in [6.45, 7) is 8.90. The largest absolute Gasteiger partial charge is 0.444 e. The maximum Gasteiger partial charge on any atom is 0.408 e. The molecule has 0 bridgehead atoms. The Morgan fingerprint density at radius 3 is 2.41 bits per heavy atom. The summed E-state index contributed by atoms with van der Waals surface area (Å²) in [5.41, 5.74) is 0.987. The molecular formula is C24H27ClFN5O3. The molecule has 1 aromatic heterocycles. The lowest BCUT2D eigenvalue weighted by Gasteiger charge is -2.25. The molecule has 8 nitrogen and oxygen atoms in total. The topological polar surface area (TPSA) is 105 Å². The minimum Gasteiger partial charge on any atom is -0.444 e. The molecule has 0 aliphatic heterocycles. The van der Waals surface area contributed by atoms with Crippen molar-refractivity contribution in [2.75, 3.05) is 10.6 Å². The van der Waals surface area contributed by atoms with Crippen molar-refractivity contribution in [3.63, 3.8) is 0 Å². The van der Waals surface area contributed by atoms with Crippen molar-refractivity contribution < 1.29 is 18.7 Å². The minimum atomic E-state index is -0.809. The van der Waals surface area contributed by atoms with E-state index in [9.17, 15) is 14.0 Å². The Hall–Kier alpha value is -3.46. The van der Waals surface area contributed by atoms with Crippen molar-refractivity contribution in [1.82, 2.24) is 15.3 Å². The van der Waals surface area contributed by atoms with Gasteiger partial charge in [-0.1, -0.05) is 25.4 Å². The highest BCUT2D eigenvalue weighted by Crippen LogP contribution is 2.28. The van der Waals surface area contributed by atoms with Gasteiger partial charge in [0, 0.05) is 16.8 Å². The van der Waals surface area contributed by atoms with Gasteiger partial charge in [-0.15, -0.1) is 0 Å². The number of amides is 2. The Bertz CT molecular complexity index is 1210. The summed E-state index contributed by atoms with van der Waals surface area (Å²) >= 11 is 5.87. The quantitative estimate of drug-likeness (QED) is 0.414. The van der Waals surface area contributed by atoms with Crippen molar-refractivity contribution in [1.29, 1.82) is 0 Å². The van der Waals surface area contributed by atoms with Gasteiger partial charge in [0.2, 0.25) is 5.91 Å². The van der Waals surface area contributed by atoms with E-state index in [1.807, 2.05) is 13.8 Å². The number of halogens is 2. The van der Waals surface area contributed by atoms with Crippen LogP contribution < -0.4 is 16.0 Å². The summed E-state index contributed by atoms with van der Waals surface area (Å²) in [6.07, 6.45) is 0.728. The first-order valence-corrected chi connectivity index (χ1v) is 11.1. The van der Waals surface area contributed by atoms with Crippen molar-refractivity contribution in [2.45, 2.75) is 46.3 Å². The first-order chi connectivity index (χ1) is 15.9. The highest BCUT2D eigenvalue weighted by Gasteiger charge is 2.27. The molecule has 0 aliphatic rings. The second kappa shape index (κ2) is 10.2. The van der Waals surface area contributed by atoms with Crippen LogP contribution in [0.25, 0.3) is 10.9 Å². The van der Waals surface area contributed by atoms with E-state index in [1.165, 1.54) is 24.5 Å². The van der Waals surface area contributed by atoms with E-state index in [4.69, 9.17) is 16.3 Å². The van der Waals surface area contributed by atoms with Gasteiger partial charge in [-0.2, -0.15) is 0 Å². The predicted octanol–water partition coefficient (Wildman–Crippen LogP) is 5.65. The number of fused-ring (bicyclic) bond motifs is 1. The van der Waals surface area contributed by atoms with Crippen LogP contribution in [0.4, 0.5) is 26.4 Å². The summed E-state index contributed by atoms with van der Waals surface area (Å²) in [5, 5.41) is 9.16. The number of carbonyl (C=O) groups is 2. The summed E-state index contributed by atoms with van der Waals surface area (Å²) in [7, 11) is 0. The predicted molar refractivity (Wildman–Crippen MR) is 131 cm³/mol. The molecule has 2 amide bonds. The molecule has 0 saturated carbocycles. The van der Waals surface area contributed by atoms with Gasteiger partial charge < -0.3 is 20.7 Å². The standard InChI is InChI=1S/C24H27ClFN5O3/c1-13(2)20(31-23(33)34-24(3,4)5)22(32)30-14-7-9-19-16(10-14)21(28-12-27-19)29-15-6-8-18(26)17(25)11-15/h6-13,20H,1-5H3,(H,30,32)(H,31,33)(H,27,28,29)/t20-/m1/s1. The zero-order chi connectivity index (χ0) is 25.0. The molecule has 34 heavy (non-hydrogen) atoms. The number of nitrogens with one attached hydrogen (secondary N) is 3. The third-order valence-corrected chi connectivity index (χ3v) is 5.00. The van der Waals surface area contributed by atoms with Crippen molar-refractivity contribution >= 4 is 51.7 Å². The summed E-state index contributed by atoms with van der Waals surface area (Å²) in [4.78, 5) is 33.7. The lowest BCUT2D eigenvalue weighted by atomic mass is 10.0. The molecule has 0 aliphatic carbocycles. The molecule has 0 saturated heterocycles. The molecule has 180 valence electrons. The average molecular weight is 488 g/mol. The van der Waals surface area contributed by atoms with Crippen LogP contribution in [0.15, 0.2) is 42.7 Å². The van der Waals surface area contributed by atoms with Crippen molar-refractivity contribution in [3.05, 3.63) is 53.6 Å². The van der Waals surface area contributed by atoms with E-state index in [2.05, 4.69) is 25.9 Å². The van der Waals surface area contributed by atoms with E-state index in [1.54, 1.807) is 39.0 Å². The monoisotopic (exact) mass is 487 g/mol. The van der Waals surface area contributed by atoms with Crippen molar-refractivity contribution in [3.8, 4) is 0 Å². The molecule has 1 heterocycles. The number of anilines is 3. The number of alkyl carbamates (subject to hydrolysis) is 1. The van der Waals surface area contributed by atoms with Gasteiger partial charge in [0.15, 0.2) is 0 Å². The Balaban J connectivity index is 1.82. The zero-order valence-electron chi connectivity index (χ0n) is 19.6. The number of benzene rings is 2. The second-order valence-electron chi connectivity index (χ2n) is 9.07. The lowest BCUT2D eigenvalue weighted by molar-refractivity contribution is -0.119. The van der Waals surface area contributed by atoms with Crippen LogP contribution in [0.3, 0.4) is 0 Å². The van der Waals surface area contributed by atoms with Gasteiger partial charge in [0.1, 0.15) is 29.6 Å². The molecule has 0 unspecified atom stereocenters. The molecule has 0 radical (unpaired) electrons. The Morgan fingerprint density at radius 1 is 1.06 bits per heavy atom. The third-order valence-electron chi connectivity index (χ3n) is 4.71. The third kappa shape index (κ3) is 6.54. The van der Waals surface area contributed by atoms with Crippen LogP contribution in [0.5, 0.6) is 0 Å². The van der Waals surface area contributed by atoms with Gasteiger partial charge >= 0.3 is 6.09 Å². The lowest BCUT2D eigenvalue weighted by Crippen LogP contribution is -2.48. The fourth-order valence-electron chi connectivity index (χ4n) is 3.13. The molecule has 2 aromatic carbocycles. The Labute approximate surface area is 202 Å². The number of hydrogen-bond donors (Lipinski definition) is 3. The van der Waals surface area contributed by atoms with E-state index in [0.29, 0.717) is 28.1 Å². The number of rotatable bonds is 6. The maximum atomic E-state index is 13.5. The number of nitrogens with zero attached hydrogens (tertiary/aromatic N) is 2. The van der Waals surface area contributed by atoms with Crippen LogP contribution in [0.2, 0.25) is 5.02 Å². The highest BCUT2D eigenvalue weighted by molar-refractivity contribution is 6.31. The Morgan fingerprint density at radius 2 is 1.76 bits per heavy atom. The zero-order valence-corrected chi connectivity index (χ0v) is 20.3. The molecule has 3 rings (SSSR count). The van der Waals surface area contributed by atoms with Gasteiger partial charge in [0.25, 0.3) is 0 Å². The van der Waals surface area contributed by atoms with Crippen molar-refractivity contribution in [2.24, 2.45) is 5.92 Å². The molecule has 3 N–H and O–H groups in total. The van der Waals surface area contributed by atoms with Gasteiger partial charge in [0.05, 0.1) is 10.5 Å². The number of carbonyl (C=O) groups excluding carboxylic acids is 2. The Kier molecular flexibility index (Phi) is 7.56. The summed E-state index contributed by atoms with van der Waals surface area (Å²) in [5.74, 6) is -0.644. The SMILES string of the molecule is CC(C)[C@@H](NC(=O)OC(C)(C)C)C(=O)Nc1ccc2ncnc(Nc3ccc(F)c(Cl)c3)c2c1. The number of ether oxygens (including phenoxy) is 1. The molecule has 3 aromatic rings. The molecule has 10 heteroatoms. The first-order valence-electron chi connectivity index (χ1n) is 10.7. The van der Waals surface area contributed by atoms with Crippen LogP contribution in [0, 0.1) is 11.7 Å². The number of aromatic nitrogens is 2. The van der Waals surface area contributed by atoms with Gasteiger partial charge in [-0.3, -0.25) is 4.79 Å². The number of hydrogen-bond acceptors (Lipinski definition) is 6. The first kappa shape index (κ1) is 25.2. The minimum absolute atomic E-state index is 0.0199. The highest BCUT2D eigenvalue weighted by atomic mass is 35.5. The fraction of sp³-hybridized carbons (Fsp3) is 0.333. The summed E-state index contributed by atoms with van der Waals surface area (Å²) in [6, 6.07) is 8.59. The molecular weight excluding hydrogens is 461 g/mol. The molecule has 0 spiro atoms. The van der Waals surface area contributed by atoms with Gasteiger partial charge in [-0.25, -0.2) is 19.2 Å². The molecule has 0 fully saturated rings. The second-order valence-corrected chi connectivity index (χ2v) is 9.47. The van der Waals surface area contributed by atoms with E-state index < -0.39 is 29.5 Å². The maximum absolute atomic E-state index is 13.5. The van der Waals surface area contributed by atoms with Crippen LogP contribution in [-0.2, 0) is 9.53 Å². The average Bonchev–Trinajstić information content (AvgIpc) is 2.73. The fourth-order valence-corrected chi connectivity index (χ4v) is 3.31.